The number of hydrogen-bond acceptors (Lipinski definition) is 4. The lowest BCUT2D eigenvalue weighted by Gasteiger charge is -2.03. The quantitative estimate of drug-likeness (QED) is 0.343. The molecular formula is C26H20N2O3. The first-order valence-corrected chi connectivity index (χ1v) is 9.96. The zero-order valence-electron chi connectivity index (χ0n) is 17.2. The van der Waals surface area contributed by atoms with Crippen molar-refractivity contribution in [3.63, 3.8) is 0 Å². The van der Waals surface area contributed by atoms with Crippen molar-refractivity contribution in [2.24, 2.45) is 0 Å². The van der Waals surface area contributed by atoms with E-state index in [1.165, 1.54) is 0 Å². The van der Waals surface area contributed by atoms with E-state index < -0.39 is 0 Å². The Balaban J connectivity index is 1.67. The number of carbonyl (C=O) groups excluding carboxylic acids is 1. The molecule has 31 heavy (non-hydrogen) atoms. The Kier molecular flexibility index (Phi) is 4.64. The number of aryl methyl sites for hydroxylation is 1. The fourth-order valence-corrected chi connectivity index (χ4v) is 3.71. The largest absolute Gasteiger partial charge is 0.497 e. The Morgan fingerprint density at radius 1 is 1.00 bits per heavy atom. The summed E-state index contributed by atoms with van der Waals surface area (Å²) in [5.41, 5.74) is 4.82. The molecule has 2 aromatic heterocycles. The van der Waals surface area contributed by atoms with E-state index in [1.807, 2.05) is 61.7 Å². The van der Waals surface area contributed by atoms with Gasteiger partial charge in [0.25, 0.3) is 0 Å². The summed E-state index contributed by atoms with van der Waals surface area (Å²) < 4.78 is 13.1. The topological polar surface area (TPSA) is 57.3 Å². The molecule has 3 aromatic carbocycles. The van der Waals surface area contributed by atoms with Gasteiger partial charge in [-0.2, -0.15) is 5.10 Å². The molecule has 0 radical (unpaired) electrons. The van der Waals surface area contributed by atoms with Crippen LogP contribution in [0.5, 0.6) is 5.75 Å². The van der Waals surface area contributed by atoms with Crippen LogP contribution < -0.4 is 4.74 Å². The van der Waals surface area contributed by atoms with E-state index in [4.69, 9.17) is 9.15 Å². The molecule has 152 valence electrons. The maximum Gasteiger partial charge on any atom is 0.228 e. The molecule has 0 aliphatic heterocycles. The van der Waals surface area contributed by atoms with Gasteiger partial charge in [0.1, 0.15) is 11.3 Å². The summed E-state index contributed by atoms with van der Waals surface area (Å²) in [6.45, 7) is 2.02. The van der Waals surface area contributed by atoms with Crippen molar-refractivity contribution in [3.8, 4) is 22.6 Å². The molecule has 0 atom stereocenters. The fraction of sp³-hybridized carbons (Fsp3) is 0.0769. The average Bonchev–Trinajstić information content (AvgIpc) is 3.44. The molecule has 0 unspecified atom stereocenters. The lowest BCUT2D eigenvalue weighted by Crippen LogP contribution is -2.01. The van der Waals surface area contributed by atoms with Gasteiger partial charge in [-0.05, 0) is 55.5 Å². The second kappa shape index (κ2) is 7.61. The van der Waals surface area contributed by atoms with Crippen molar-refractivity contribution >= 4 is 16.8 Å². The van der Waals surface area contributed by atoms with E-state index in [2.05, 4.69) is 5.10 Å². The number of rotatable bonds is 5. The predicted molar refractivity (Wildman–Crippen MR) is 120 cm³/mol. The molecule has 5 heteroatoms. The van der Waals surface area contributed by atoms with Gasteiger partial charge in [0.15, 0.2) is 5.76 Å². The van der Waals surface area contributed by atoms with E-state index in [0.29, 0.717) is 22.7 Å². The van der Waals surface area contributed by atoms with Gasteiger partial charge in [0, 0.05) is 28.3 Å². The number of ether oxygens (including phenoxy) is 1. The van der Waals surface area contributed by atoms with Crippen LogP contribution in [0, 0.1) is 6.92 Å². The highest BCUT2D eigenvalue weighted by molar-refractivity contribution is 6.15. The van der Waals surface area contributed by atoms with Crippen molar-refractivity contribution < 1.29 is 13.9 Å². The van der Waals surface area contributed by atoms with E-state index in [1.54, 1.807) is 42.3 Å². The van der Waals surface area contributed by atoms with Crippen LogP contribution in [0.1, 0.15) is 21.7 Å². The zero-order valence-corrected chi connectivity index (χ0v) is 17.2. The molecule has 5 nitrogen and oxygen atoms in total. The predicted octanol–water partition coefficient (Wildman–Crippen LogP) is 5.83. The molecule has 0 N–H and O–H groups in total. The van der Waals surface area contributed by atoms with Crippen LogP contribution in [-0.2, 0) is 0 Å². The summed E-state index contributed by atoms with van der Waals surface area (Å²) >= 11 is 0. The molecule has 0 fully saturated rings. The molecule has 0 aliphatic carbocycles. The molecule has 2 heterocycles. The van der Waals surface area contributed by atoms with E-state index in [0.717, 1.165) is 27.8 Å². The number of para-hydroxylation sites is 1. The SMILES string of the molecule is COc1ccc(C(=O)c2oc3ccc(C)cc3c2-c2cnn(-c3ccccc3)c2)cc1. The Hall–Kier alpha value is -4.12. The summed E-state index contributed by atoms with van der Waals surface area (Å²) in [6, 6.07) is 22.8. The Morgan fingerprint density at radius 2 is 1.77 bits per heavy atom. The summed E-state index contributed by atoms with van der Waals surface area (Å²) in [4.78, 5) is 13.4. The first kappa shape index (κ1) is 18.9. The molecule has 5 aromatic rings. The van der Waals surface area contributed by atoms with Gasteiger partial charge in [0.05, 0.1) is 19.0 Å². The van der Waals surface area contributed by atoms with Crippen LogP contribution in [-0.4, -0.2) is 22.7 Å². The van der Waals surface area contributed by atoms with Crippen molar-refractivity contribution in [2.45, 2.75) is 6.92 Å². The first-order chi connectivity index (χ1) is 15.1. The Morgan fingerprint density at radius 3 is 2.52 bits per heavy atom. The minimum absolute atomic E-state index is 0.182. The van der Waals surface area contributed by atoms with Crippen molar-refractivity contribution in [1.29, 1.82) is 0 Å². The molecule has 0 aliphatic rings. The lowest BCUT2D eigenvalue weighted by atomic mass is 9.99. The van der Waals surface area contributed by atoms with Crippen LogP contribution >= 0.6 is 0 Å². The van der Waals surface area contributed by atoms with Gasteiger partial charge < -0.3 is 9.15 Å². The highest BCUT2D eigenvalue weighted by atomic mass is 16.5. The third-order valence-electron chi connectivity index (χ3n) is 5.29. The third kappa shape index (κ3) is 3.40. The summed E-state index contributed by atoms with van der Waals surface area (Å²) in [5.74, 6) is 0.818. The number of methoxy groups -OCH3 is 1. The van der Waals surface area contributed by atoms with Crippen LogP contribution in [0.4, 0.5) is 0 Å². The van der Waals surface area contributed by atoms with Crippen LogP contribution in [0.25, 0.3) is 27.8 Å². The standard InChI is InChI=1S/C26H20N2O3/c1-17-8-13-23-22(14-17)24(19-15-27-28(16-19)20-6-4-3-5-7-20)26(31-23)25(29)18-9-11-21(30-2)12-10-18/h3-16H,1-2H3. The van der Waals surface area contributed by atoms with Gasteiger partial charge in [-0.3, -0.25) is 4.79 Å². The zero-order chi connectivity index (χ0) is 21.4. The van der Waals surface area contributed by atoms with Gasteiger partial charge >= 0.3 is 0 Å². The minimum Gasteiger partial charge on any atom is -0.497 e. The van der Waals surface area contributed by atoms with Gasteiger partial charge in [0.2, 0.25) is 5.78 Å². The Labute approximate surface area is 179 Å². The number of carbonyl (C=O) groups is 1. The fourth-order valence-electron chi connectivity index (χ4n) is 3.71. The third-order valence-corrected chi connectivity index (χ3v) is 5.29. The minimum atomic E-state index is -0.182. The second-order valence-electron chi connectivity index (χ2n) is 7.37. The van der Waals surface area contributed by atoms with Gasteiger partial charge in [-0.15, -0.1) is 0 Å². The van der Waals surface area contributed by atoms with Gasteiger partial charge in [-0.25, -0.2) is 4.68 Å². The van der Waals surface area contributed by atoms with Crippen LogP contribution in [0.2, 0.25) is 0 Å². The highest BCUT2D eigenvalue weighted by Gasteiger charge is 2.24. The number of nitrogens with zero attached hydrogens (tertiary/aromatic N) is 2. The molecule has 5 rings (SSSR count). The first-order valence-electron chi connectivity index (χ1n) is 9.96. The number of furan rings is 1. The molecular weight excluding hydrogens is 388 g/mol. The number of benzene rings is 3. The number of hydrogen-bond donors (Lipinski definition) is 0. The average molecular weight is 408 g/mol. The van der Waals surface area contributed by atoms with E-state index in [9.17, 15) is 4.79 Å². The smallest absolute Gasteiger partial charge is 0.228 e. The maximum atomic E-state index is 13.4. The normalized spacial score (nSPS) is 11.0. The molecule has 0 saturated carbocycles. The molecule has 0 amide bonds. The van der Waals surface area contributed by atoms with Crippen molar-refractivity contribution in [3.05, 3.63) is 102 Å². The summed E-state index contributed by atoms with van der Waals surface area (Å²) in [5, 5.41) is 5.41. The van der Waals surface area contributed by atoms with Crippen LogP contribution in [0.3, 0.4) is 0 Å². The lowest BCUT2D eigenvalue weighted by molar-refractivity contribution is 0.101. The molecule has 0 bridgehead atoms. The van der Waals surface area contributed by atoms with E-state index >= 15 is 0 Å². The number of ketones is 1. The summed E-state index contributed by atoms with van der Waals surface area (Å²) in [6.07, 6.45) is 3.69. The monoisotopic (exact) mass is 408 g/mol. The molecule has 0 saturated heterocycles. The van der Waals surface area contributed by atoms with Crippen molar-refractivity contribution in [2.75, 3.05) is 7.11 Å². The van der Waals surface area contributed by atoms with Crippen molar-refractivity contribution in [1.82, 2.24) is 9.78 Å². The number of fused-ring (bicyclic) bond motifs is 1. The summed E-state index contributed by atoms with van der Waals surface area (Å²) in [7, 11) is 1.60. The maximum absolute atomic E-state index is 13.4. The Bertz CT molecular complexity index is 1380. The van der Waals surface area contributed by atoms with Crippen LogP contribution in [0.15, 0.2) is 89.6 Å². The molecule has 0 spiro atoms. The highest BCUT2D eigenvalue weighted by Crippen LogP contribution is 2.37. The number of aromatic nitrogens is 2. The van der Waals surface area contributed by atoms with Gasteiger partial charge in [-0.1, -0.05) is 29.8 Å². The van der Waals surface area contributed by atoms with E-state index in [-0.39, 0.29) is 5.78 Å². The second-order valence-corrected chi connectivity index (χ2v) is 7.37.